The molecule has 1 saturated heterocycles. The largest absolute Gasteiger partial charge is 0.466 e. The molecule has 1 aliphatic rings. The number of hydrogen-bond donors (Lipinski definition) is 0. The second-order valence-electron chi connectivity index (χ2n) is 6.99. The van der Waals surface area contributed by atoms with Gasteiger partial charge in [0.25, 0.3) is 0 Å². The van der Waals surface area contributed by atoms with E-state index in [2.05, 4.69) is 21.8 Å². The third-order valence-corrected chi connectivity index (χ3v) is 4.92. The minimum atomic E-state index is -4.53. The maximum atomic E-state index is 12.9. The van der Waals surface area contributed by atoms with Gasteiger partial charge in [-0.2, -0.15) is 13.2 Å². The van der Waals surface area contributed by atoms with Crippen molar-refractivity contribution in [3.8, 4) is 11.8 Å². The number of nitrogens with zero attached hydrogens (tertiary/aromatic N) is 4. The second kappa shape index (κ2) is 9.64. The van der Waals surface area contributed by atoms with Crippen molar-refractivity contribution >= 4 is 17.5 Å². The van der Waals surface area contributed by atoms with Gasteiger partial charge in [-0.25, -0.2) is 9.97 Å². The Bertz CT molecular complexity index is 1070. The van der Waals surface area contributed by atoms with E-state index < -0.39 is 22.4 Å². The van der Waals surface area contributed by atoms with Gasteiger partial charge in [0, 0.05) is 18.7 Å². The molecule has 1 aliphatic heterocycles. The van der Waals surface area contributed by atoms with E-state index >= 15 is 0 Å². The number of piperidine rings is 1. The van der Waals surface area contributed by atoms with Gasteiger partial charge in [-0.3, -0.25) is 14.9 Å². The van der Waals surface area contributed by atoms with E-state index in [1.807, 2.05) is 0 Å². The zero-order valence-corrected chi connectivity index (χ0v) is 17.1. The predicted molar refractivity (Wildman–Crippen MR) is 108 cm³/mol. The van der Waals surface area contributed by atoms with Gasteiger partial charge < -0.3 is 9.64 Å². The average Bonchev–Trinajstić information content (AvgIpc) is 2.77. The first kappa shape index (κ1) is 23.0. The molecule has 168 valence electrons. The quantitative estimate of drug-likeness (QED) is 0.305. The molecule has 0 radical (unpaired) electrons. The van der Waals surface area contributed by atoms with Crippen LogP contribution in [0.4, 0.5) is 24.7 Å². The summed E-state index contributed by atoms with van der Waals surface area (Å²) in [6.45, 7) is 2.70. The Morgan fingerprint density at radius 1 is 1.28 bits per heavy atom. The molecular weight excluding hydrogens is 429 g/mol. The third-order valence-electron chi connectivity index (χ3n) is 4.92. The Kier molecular flexibility index (Phi) is 6.92. The van der Waals surface area contributed by atoms with E-state index in [0.717, 1.165) is 18.5 Å². The first-order valence-electron chi connectivity index (χ1n) is 9.81. The van der Waals surface area contributed by atoms with Crippen LogP contribution in [-0.4, -0.2) is 40.6 Å². The van der Waals surface area contributed by atoms with E-state index in [4.69, 9.17) is 4.74 Å². The van der Waals surface area contributed by atoms with E-state index in [0.29, 0.717) is 25.9 Å². The van der Waals surface area contributed by atoms with Crippen molar-refractivity contribution in [2.45, 2.75) is 25.9 Å². The molecule has 1 aromatic heterocycles. The van der Waals surface area contributed by atoms with E-state index in [-0.39, 0.29) is 35.6 Å². The summed E-state index contributed by atoms with van der Waals surface area (Å²) < 4.78 is 43.7. The highest BCUT2D eigenvalue weighted by Crippen LogP contribution is 2.32. The van der Waals surface area contributed by atoms with Crippen LogP contribution in [-0.2, 0) is 15.7 Å². The maximum Gasteiger partial charge on any atom is 0.416 e. The molecule has 0 spiro atoms. The van der Waals surface area contributed by atoms with Crippen molar-refractivity contribution in [3.05, 3.63) is 57.5 Å². The molecule has 2 heterocycles. The number of carbonyl (C=O) groups excluding carboxylic acids is 1. The Morgan fingerprint density at radius 3 is 2.62 bits per heavy atom. The van der Waals surface area contributed by atoms with Gasteiger partial charge in [-0.1, -0.05) is 12.0 Å². The smallest absolute Gasteiger partial charge is 0.416 e. The highest BCUT2D eigenvalue weighted by atomic mass is 19.4. The third kappa shape index (κ3) is 5.32. The van der Waals surface area contributed by atoms with Crippen LogP contribution < -0.4 is 4.90 Å². The molecule has 0 amide bonds. The number of nitro groups is 1. The van der Waals surface area contributed by atoms with Crippen molar-refractivity contribution < 1.29 is 27.6 Å². The van der Waals surface area contributed by atoms with Crippen LogP contribution in [0.15, 0.2) is 30.6 Å². The van der Waals surface area contributed by atoms with E-state index in [1.165, 1.54) is 12.1 Å². The number of ether oxygens (including phenoxy) is 1. The Balaban J connectivity index is 1.87. The van der Waals surface area contributed by atoms with Crippen LogP contribution in [0.25, 0.3) is 0 Å². The molecule has 1 fully saturated rings. The van der Waals surface area contributed by atoms with E-state index in [9.17, 15) is 28.1 Å². The summed E-state index contributed by atoms with van der Waals surface area (Å²) in [6.07, 6.45) is -2.51. The summed E-state index contributed by atoms with van der Waals surface area (Å²) in [5, 5.41) is 11.7. The second-order valence-corrected chi connectivity index (χ2v) is 6.99. The van der Waals surface area contributed by atoms with Gasteiger partial charge in [0.05, 0.1) is 23.0 Å². The molecule has 8 nitrogen and oxygen atoms in total. The Hall–Kier alpha value is -3.68. The van der Waals surface area contributed by atoms with Crippen LogP contribution in [0.1, 0.15) is 36.6 Å². The highest BCUT2D eigenvalue weighted by molar-refractivity contribution is 5.73. The van der Waals surface area contributed by atoms with Gasteiger partial charge in [-0.05, 0) is 43.9 Å². The number of hydrogen-bond acceptors (Lipinski definition) is 7. The van der Waals surface area contributed by atoms with Gasteiger partial charge in [-0.15, -0.1) is 0 Å². The van der Waals surface area contributed by atoms with Gasteiger partial charge in [0.2, 0.25) is 5.82 Å². The summed E-state index contributed by atoms with van der Waals surface area (Å²) >= 11 is 0. The zero-order valence-electron chi connectivity index (χ0n) is 17.1. The van der Waals surface area contributed by atoms with Crippen molar-refractivity contribution in [3.63, 3.8) is 0 Å². The molecule has 11 heteroatoms. The molecule has 2 aromatic rings. The van der Waals surface area contributed by atoms with Crippen LogP contribution in [0.5, 0.6) is 0 Å². The van der Waals surface area contributed by atoms with Crippen LogP contribution >= 0.6 is 0 Å². The molecule has 0 N–H and O–H groups in total. The first-order chi connectivity index (χ1) is 15.2. The standard InChI is InChI=1S/C21H19F3N4O4/c1-2-32-20(29)15-8-10-27(11-9-15)19-18(28(30)31)17(25-13-26-19)7-6-14-4-3-5-16(12-14)21(22,23)24/h3-5,12-13,15H,2,8-11H2,1H3. The van der Waals surface area contributed by atoms with Crippen molar-refractivity contribution in [1.82, 2.24) is 9.97 Å². The average molecular weight is 448 g/mol. The summed E-state index contributed by atoms with van der Waals surface area (Å²) in [5.41, 5.74) is -1.46. The Labute approximate surface area is 181 Å². The predicted octanol–water partition coefficient (Wildman–Crippen LogP) is 3.58. The van der Waals surface area contributed by atoms with Crippen molar-refractivity contribution in [2.75, 3.05) is 24.6 Å². The van der Waals surface area contributed by atoms with Crippen LogP contribution in [0.3, 0.4) is 0 Å². The fraction of sp³-hybridized carbons (Fsp3) is 0.381. The first-order valence-corrected chi connectivity index (χ1v) is 9.81. The SMILES string of the molecule is CCOC(=O)C1CCN(c2ncnc(C#Cc3cccc(C(F)(F)F)c3)c2[N+](=O)[O-])CC1. The molecular formula is C21H19F3N4O4. The molecule has 32 heavy (non-hydrogen) atoms. The van der Waals surface area contributed by atoms with Crippen molar-refractivity contribution in [1.29, 1.82) is 0 Å². The number of rotatable bonds is 4. The lowest BCUT2D eigenvalue weighted by atomic mass is 9.97. The minimum Gasteiger partial charge on any atom is -0.466 e. The lowest BCUT2D eigenvalue weighted by Gasteiger charge is -2.31. The van der Waals surface area contributed by atoms with Gasteiger partial charge in [0.15, 0.2) is 5.69 Å². The maximum absolute atomic E-state index is 12.9. The van der Waals surface area contributed by atoms with Crippen molar-refractivity contribution in [2.24, 2.45) is 5.92 Å². The normalized spacial score (nSPS) is 14.4. The van der Waals surface area contributed by atoms with Gasteiger partial charge >= 0.3 is 17.8 Å². The fourth-order valence-corrected chi connectivity index (χ4v) is 3.35. The molecule has 0 bridgehead atoms. The lowest BCUT2D eigenvalue weighted by Crippen LogP contribution is -2.37. The van der Waals surface area contributed by atoms with E-state index in [1.54, 1.807) is 11.8 Å². The topological polar surface area (TPSA) is 98.5 Å². The van der Waals surface area contributed by atoms with Crippen LogP contribution in [0, 0.1) is 27.9 Å². The molecule has 0 aliphatic carbocycles. The number of anilines is 1. The molecule has 0 saturated carbocycles. The highest BCUT2D eigenvalue weighted by Gasteiger charge is 2.32. The van der Waals surface area contributed by atoms with Gasteiger partial charge in [0.1, 0.15) is 6.33 Å². The number of carbonyl (C=O) groups is 1. The molecule has 0 unspecified atom stereocenters. The van der Waals surface area contributed by atoms with Crippen LogP contribution in [0.2, 0.25) is 0 Å². The summed E-state index contributed by atoms with van der Waals surface area (Å²) in [7, 11) is 0. The molecule has 0 atom stereocenters. The summed E-state index contributed by atoms with van der Waals surface area (Å²) in [6, 6.07) is 4.36. The Morgan fingerprint density at radius 2 is 2.00 bits per heavy atom. The number of halogens is 3. The number of alkyl halides is 3. The summed E-state index contributed by atoms with van der Waals surface area (Å²) in [5.74, 6) is 4.49. The fourth-order valence-electron chi connectivity index (χ4n) is 3.35. The monoisotopic (exact) mass is 448 g/mol. The molecule has 1 aromatic carbocycles. The lowest BCUT2D eigenvalue weighted by molar-refractivity contribution is -0.384. The minimum absolute atomic E-state index is 0.0459. The summed E-state index contributed by atoms with van der Waals surface area (Å²) in [4.78, 5) is 32.6. The number of esters is 1. The molecule has 3 rings (SSSR count). The number of aromatic nitrogens is 2. The number of benzene rings is 1. The zero-order chi connectivity index (χ0) is 23.3.